The highest BCUT2D eigenvalue weighted by atomic mass is 32.2. The number of aryl methyl sites for hydroxylation is 1. The van der Waals surface area contributed by atoms with Gasteiger partial charge in [0.2, 0.25) is 15.9 Å². The number of piperidine rings is 2. The summed E-state index contributed by atoms with van der Waals surface area (Å²) < 4.78 is 68.7. The Kier molecular flexibility index (Phi) is 10.6. The average Bonchev–Trinajstić information content (AvgIpc) is 3.94. The van der Waals surface area contributed by atoms with E-state index >= 15 is 8.78 Å². The van der Waals surface area contributed by atoms with Crippen molar-refractivity contribution in [3.63, 3.8) is 0 Å². The van der Waals surface area contributed by atoms with Crippen LogP contribution in [-0.2, 0) is 21.9 Å². The fourth-order valence-corrected chi connectivity index (χ4v) is 12.3. The summed E-state index contributed by atoms with van der Waals surface area (Å²) in [5.41, 5.74) is 1.17. The molecule has 5 aromatic rings. The summed E-state index contributed by atoms with van der Waals surface area (Å²) in [6.45, 7) is 3.47. The van der Waals surface area contributed by atoms with Crippen LogP contribution in [0, 0.1) is 28.4 Å². The molecule has 0 unspecified atom stereocenters. The predicted molar refractivity (Wildman–Crippen MR) is 235 cm³/mol. The summed E-state index contributed by atoms with van der Waals surface area (Å²) in [6, 6.07) is 11.8. The molecule has 0 atom stereocenters. The molecule has 5 aliphatic rings. The summed E-state index contributed by atoms with van der Waals surface area (Å²) in [7, 11) is -2.03. The molecule has 1 spiro atoms. The van der Waals surface area contributed by atoms with Crippen molar-refractivity contribution in [2.24, 2.45) is 12.5 Å². The Morgan fingerprint density at radius 2 is 1.66 bits per heavy atom. The molecule has 10 rings (SSSR count). The van der Waals surface area contributed by atoms with E-state index in [1.807, 2.05) is 6.07 Å². The molecule has 3 saturated heterocycles. The molecule has 2 aromatic heterocycles. The number of aromatic nitrogens is 4. The highest BCUT2D eigenvalue weighted by molar-refractivity contribution is 7.93. The highest BCUT2D eigenvalue weighted by Crippen LogP contribution is 2.55. The molecule has 2 aliphatic carbocycles. The van der Waals surface area contributed by atoms with Gasteiger partial charge in [-0.15, -0.1) is 0 Å². The standard InChI is InChI=1S/C45H48F2N10O6S/c1-53-38-22-39(35(47)21-32(38)42(51-53)56-17-12-40(58)50-44(56)60)55-15-10-27(11-16-55)54-18-13-45(14-19-54)23-28(24-45)57-26-49-36-8-6-29(20-31(36)43(57)59)63-41-33(25-48)37(9-7-34(41)46)52-64(61,62)30-4-2-3-5-30/h6-9,20-22,26-28,30,52H,2-5,10-19,23-24H2,1H3,(H,50,58,60). The minimum absolute atomic E-state index is 0.0278. The van der Waals surface area contributed by atoms with Crippen LogP contribution in [0.2, 0.25) is 0 Å². The van der Waals surface area contributed by atoms with Gasteiger partial charge in [-0.2, -0.15) is 10.4 Å². The van der Waals surface area contributed by atoms with Crippen molar-refractivity contribution in [3.8, 4) is 17.6 Å². The van der Waals surface area contributed by atoms with E-state index in [2.05, 4.69) is 29.9 Å². The molecule has 19 heteroatoms. The average molecular weight is 895 g/mol. The second kappa shape index (κ2) is 16.1. The Morgan fingerprint density at radius 1 is 0.906 bits per heavy atom. The van der Waals surface area contributed by atoms with Crippen molar-refractivity contribution in [3.05, 3.63) is 76.3 Å². The van der Waals surface area contributed by atoms with Crippen LogP contribution in [0.15, 0.2) is 53.6 Å². The number of nitrogens with zero attached hydrogens (tertiary/aromatic N) is 8. The van der Waals surface area contributed by atoms with Crippen molar-refractivity contribution in [1.29, 1.82) is 5.26 Å². The minimum Gasteiger partial charge on any atom is -0.453 e. The van der Waals surface area contributed by atoms with Crippen LogP contribution in [0.4, 0.5) is 30.8 Å². The number of fused-ring (bicyclic) bond motifs is 2. The molecular formula is C45H48F2N10O6S. The zero-order chi connectivity index (χ0) is 44.5. The fraction of sp³-hybridized carbons (Fsp3) is 0.467. The van der Waals surface area contributed by atoms with E-state index in [1.165, 1.54) is 29.2 Å². The van der Waals surface area contributed by atoms with E-state index in [9.17, 15) is 28.1 Å². The fourth-order valence-electron chi connectivity index (χ4n) is 10.7. The van der Waals surface area contributed by atoms with Crippen molar-refractivity contribution in [2.75, 3.05) is 47.2 Å². The van der Waals surface area contributed by atoms with Gasteiger partial charge < -0.3 is 14.5 Å². The Balaban J connectivity index is 0.762. The lowest BCUT2D eigenvalue weighted by molar-refractivity contribution is -0.120. The van der Waals surface area contributed by atoms with Crippen LogP contribution >= 0.6 is 0 Å². The second-order valence-electron chi connectivity index (χ2n) is 18.0. The van der Waals surface area contributed by atoms with Gasteiger partial charge >= 0.3 is 6.03 Å². The van der Waals surface area contributed by atoms with Crippen LogP contribution in [0.5, 0.6) is 11.5 Å². The molecule has 2 N–H and O–H groups in total. The first-order chi connectivity index (χ1) is 30.8. The third-order valence-electron chi connectivity index (χ3n) is 14.3. The zero-order valence-electron chi connectivity index (χ0n) is 35.4. The molecule has 334 valence electrons. The van der Waals surface area contributed by atoms with Gasteiger partial charge in [-0.3, -0.25) is 33.8 Å². The number of hydrogen-bond acceptors (Lipinski definition) is 11. The van der Waals surface area contributed by atoms with Gasteiger partial charge in [0.25, 0.3) is 5.56 Å². The lowest BCUT2D eigenvalue weighted by Crippen LogP contribution is -2.53. The number of sulfonamides is 1. The number of nitrogens with one attached hydrogen (secondary N) is 2. The summed E-state index contributed by atoms with van der Waals surface area (Å²) >= 11 is 0. The molecule has 3 aromatic carbocycles. The van der Waals surface area contributed by atoms with Crippen LogP contribution in [-0.4, -0.2) is 88.6 Å². The molecule has 5 heterocycles. The van der Waals surface area contributed by atoms with Gasteiger partial charge in [0, 0.05) is 50.6 Å². The van der Waals surface area contributed by atoms with E-state index in [-0.39, 0.29) is 64.1 Å². The Bertz CT molecular complexity index is 2920. The number of amides is 3. The number of anilines is 3. The van der Waals surface area contributed by atoms with Crippen molar-refractivity contribution < 1.29 is 31.5 Å². The quantitative estimate of drug-likeness (QED) is 0.166. The van der Waals surface area contributed by atoms with Gasteiger partial charge in [-0.1, -0.05) is 12.8 Å². The molecule has 2 saturated carbocycles. The largest absolute Gasteiger partial charge is 0.453 e. The Labute approximate surface area is 367 Å². The number of carbonyl (C=O) groups excluding carboxylic acids is 2. The summed E-state index contributed by atoms with van der Waals surface area (Å²) in [5.74, 6) is -1.57. The lowest BCUT2D eigenvalue weighted by atomic mass is 9.60. The Morgan fingerprint density at radius 3 is 2.38 bits per heavy atom. The minimum atomic E-state index is -3.80. The molecule has 0 radical (unpaired) electrons. The number of likely N-dealkylation sites (tertiary alicyclic amines) is 1. The van der Waals surface area contributed by atoms with E-state index in [0.29, 0.717) is 59.9 Å². The molecular weight excluding hydrogens is 847 g/mol. The van der Waals surface area contributed by atoms with E-state index in [0.717, 1.165) is 70.5 Å². The highest BCUT2D eigenvalue weighted by Gasteiger charge is 2.48. The molecule has 5 fully saturated rings. The number of urea groups is 1. The van der Waals surface area contributed by atoms with E-state index < -0.39 is 32.9 Å². The van der Waals surface area contributed by atoms with E-state index in [4.69, 9.17) is 4.74 Å². The van der Waals surface area contributed by atoms with Crippen LogP contribution in [0.3, 0.4) is 0 Å². The summed E-state index contributed by atoms with van der Waals surface area (Å²) in [4.78, 5) is 48.7. The van der Waals surface area contributed by atoms with Crippen molar-refractivity contribution >= 4 is 61.0 Å². The SMILES string of the molecule is Cn1nc(N2CCC(=O)NC2=O)c2cc(F)c(N3CCC(N4CCC5(CC4)CC(n4cnc6ccc(Oc7c(F)ccc(NS(=O)(=O)C8CCCC8)c7C#N)cc6c4=O)C5)CC3)cc21. The summed E-state index contributed by atoms with van der Waals surface area (Å²) in [6.07, 6.45) is 9.88. The van der Waals surface area contributed by atoms with Gasteiger partial charge in [-0.25, -0.2) is 27.0 Å². The molecule has 3 amide bonds. The van der Waals surface area contributed by atoms with Gasteiger partial charge in [0.15, 0.2) is 17.4 Å². The lowest BCUT2D eigenvalue weighted by Gasteiger charge is -2.54. The maximum absolute atomic E-state index is 15.8. The first kappa shape index (κ1) is 41.9. The number of benzene rings is 3. The summed E-state index contributed by atoms with van der Waals surface area (Å²) in [5, 5.41) is 17.0. The normalized spacial score (nSPS) is 20.2. The molecule has 16 nitrogen and oxygen atoms in total. The number of ether oxygens (including phenoxy) is 1. The van der Waals surface area contributed by atoms with Crippen LogP contribution < -0.4 is 30.1 Å². The first-order valence-corrected chi connectivity index (χ1v) is 23.5. The second-order valence-corrected chi connectivity index (χ2v) is 20.0. The number of halogens is 2. The maximum Gasteiger partial charge on any atom is 0.329 e. The smallest absolute Gasteiger partial charge is 0.329 e. The van der Waals surface area contributed by atoms with Crippen molar-refractivity contribution in [1.82, 2.24) is 29.5 Å². The Hall–Kier alpha value is -6.13. The predicted octanol–water partition coefficient (Wildman–Crippen LogP) is 6.44. The van der Waals surface area contributed by atoms with Gasteiger partial charge in [0.1, 0.15) is 23.2 Å². The molecule has 3 aliphatic heterocycles. The van der Waals surface area contributed by atoms with Crippen LogP contribution in [0.1, 0.15) is 82.2 Å². The van der Waals surface area contributed by atoms with Gasteiger partial charge in [0.05, 0.1) is 39.4 Å². The third-order valence-corrected chi connectivity index (χ3v) is 16.2. The number of hydrogen-bond donors (Lipinski definition) is 2. The van der Waals surface area contributed by atoms with Crippen LogP contribution in [0.25, 0.3) is 21.8 Å². The number of carbonyl (C=O) groups is 2. The zero-order valence-corrected chi connectivity index (χ0v) is 36.2. The van der Waals surface area contributed by atoms with Crippen molar-refractivity contribution in [2.45, 2.75) is 88.0 Å². The number of rotatable bonds is 9. The number of nitriles is 1. The first-order valence-electron chi connectivity index (χ1n) is 22.0. The molecule has 64 heavy (non-hydrogen) atoms. The van der Waals surface area contributed by atoms with Gasteiger partial charge in [-0.05, 0) is 112 Å². The third kappa shape index (κ3) is 7.49. The topological polar surface area (TPSA) is 188 Å². The molecule has 0 bridgehead atoms. The maximum atomic E-state index is 15.8. The van der Waals surface area contributed by atoms with E-state index in [1.54, 1.807) is 34.8 Å². The monoisotopic (exact) mass is 894 g/mol. The number of imide groups is 1.